The van der Waals surface area contributed by atoms with E-state index in [4.69, 9.17) is 5.11 Å². The van der Waals surface area contributed by atoms with Crippen LogP contribution in [0, 0.1) is 15.9 Å². The van der Waals surface area contributed by atoms with Gasteiger partial charge in [-0.15, -0.1) is 0 Å². The van der Waals surface area contributed by atoms with Gasteiger partial charge in [0.1, 0.15) is 17.1 Å². The van der Waals surface area contributed by atoms with E-state index in [1.54, 1.807) is 0 Å². The van der Waals surface area contributed by atoms with Crippen molar-refractivity contribution in [3.8, 4) is 16.9 Å². The molecule has 6 nitrogen and oxygen atoms in total. The van der Waals surface area contributed by atoms with Crippen molar-refractivity contribution in [1.82, 2.24) is 0 Å². The quantitative estimate of drug-likeness (QED) is 0.663. The number of carboxylic acid groups (broad SMARTS) is 1. The van der Waals surface area contributed by atoms with Crippen LogP contribution in [-0.2, 0) is 0 Å². The first-order valence-corrected chi connectivity index (χ1v) is 5.40. The number of rotatable bonds is 3. The number of benzene rings is 2. The van der Waals surface area contributed by atoms with E-state index in [1.807, 2.05) is 0 Å². The lowest BCUT2D eigenvalue weighted by molar-refractivity contribution is -0.385. The monoisotopic (exact) mass is 277 g/mol. The lowest BCUT2D eigenvalue weighted by atomic mass is 10.0. The van der Waals surface area contributed by atoms with Crippen LogP contribution in [-0.4, -0.2) is 21.1 Å². The molecule has 20 heavy (non-hydrogen) atoms. The molecule has 0 heterocycles. The minimum Gasteiger partial charge on any atom is -0.508 e. The van der Waals surface area contributed by atoms with Gasteiger partial charge in [0, 0.05) is 12.1 Å². The first-order chi connectivity index (χ1) is 9.38. The van der Waals surface area contributed by atoms with Crippen molar-refractivity contribution in [3.63, 3.8) is 0 Å². The number of phenolic OH excluding ortho intramolecular Hbond substituents is 1. The Balaban J connectivity index is 2.61. The first-order valence-electron chi connectivity index (χ1n) is 5.40. The Labute approximate surface area is 111 Å². The van der Waals surface area contributed by atoms with Crippen molar-refractivity contribution in [2.45, 2.75) is 0 Å². The van der Waals surface area contributed by atoms with Crippen molar-refractivity contribution >= 4 is 11.7 Å². The Hall–Kier alpha value is -2.96. The van der Waals surface area contributed by atoms with Crippen molar-refractivity contribution in [2.75, 3.05) is 0 Å². The topological polar surface area (TPSA) is 101 Å². The van der Waals surface area contributed by atoms with Crippen LogP contribution in [0.1, 0.15) is 10.4 Å². The number of halogens is 1. The van der Waals surface area contributed by atoms with Gasteiger partial charge in [0.25, 0.3) is 5.69 Å². The Bertz CT molecular complexity index is 694. The number of nitrogens with zero attached hydrogens (tertiary/aromatic N) is 1. The molecule has 0 bridgehead atoms. The number of carbonyl (C=O) groups is 1. The summed E-state index contributed by atoms with van der Waals surface area (Å²) < 4.78 is 13.2. The summed E-state index contributed by atoms with van der Waals surface area (Å²) in [6.07, 6.45) is 0. The predicted octanol–water partition coefficient (Wildman–Crippen LogP) is 2.80. The van der Waals surface area contributed by atoms with Crippen molar-refractivity contribution in [3.05, 3.63) is 57.9 Å². The number of nitro groups is 1. The molecule has 2 rings (SSSR count). The molecule has 0 amide bonds. The van der Waals surface area contributed by atoms with Crippen molar-refractivity contribution in [1.29, 1.82) is 0 Å². The summed E-state index contributed by atoms with van der Waals surface area (Å²) >= 11 is 0. The van der Waals surface area contributed by atoms with Crippen LogP contribution in [0.2, 0.25) is 0 Å². The zero-order chi connectivity index (χ0) is 14.9. The number of aromatic carboxylic acids is 1. The SMILES string of the molecule is O=C(O)c1ccc(-c2cc(O)cc(F)c2)cc1[N+](=O)[O-]. The molecule has 0 spiro atoms. The Morgan fingerprint density at radius 3 is 2.40 bits per heavy atom. The fourth-order valence-electron chi connectivity index (χ4n) is 1.78. The Kier molecular flexibility index (Phi) is 3.34. The van der Waals surface area contributed by atoms with Crippen molar-refractivity contribution < 1.29 is 24.3 Å². The molecule has 0 atom stereocenters. The summed E-state index contributed by atoms with van der Waals surface area (Å²) in [7, 11) is 0. The van der Waals surface area contributed by atoms with E-state index >= 15 is 0 Å². The first kappa shape index (κ1) is 13.5. The molecule has 0 fully saturated rings. The van der Waals surface area contributed by atoms with Crippen LogP contribution >= 0.6 is 0 Å². The van der Waals surface area contributed by atoms with Gasteiger partial charge in [0.15, 0.2) is 0 Å². The fraction of sp³-hybridized carbons (Fsp3) is 0. The second kappa shape index (κ2) is 4.96. The van der Waals surface area contributed by atoms with E-state index in [2.05, 4.69) is 0 Å². The Morgan fingerprint density at radius 2 is 1.85 bits per heavy atom. The molecule has 0 saturated carbocycles. The summed E-state index contributed by atoms with van der Waals surface area (Å²) in [5.74, 6) is -2.46. The third kappa shape index (κ3) is 2.56. The maximum atomic E-state index is 13.2. The molecular formula is C13H8FNO5. The van der Waals surface area contributed by atoms with Gasteiger partial charge < -0.3 is 10.2 Å². The average molecular weight is 277 g/mol. The van der Waals surface area contributed by atoms with Gasteiger partial charge in [-0.25, -0.2) is 9.18 Å². The van der Waals surface area contributed by atoms with E-state index in [0.717, 1.165) is 24.3 Å². The molecule has 0 aliphatic carbocycles. The molecule has 0 saturated heterocycles. The maximum Gasteiger partial charge on any atom is 0.342 e. The fourth-order valence-corrected chi connectivity index (χ4v) is 1.78. The highest BCUT2D eigenvalue weighted by molar-refractivity contribution is 5.93. The molecule has 0 aliphatic rings. The third-order valence-electron chi connectivity index (χ3n) is 2.64. The van der Waals surface area contributed by atoms with Crippen LogP contribution < -0.4 is 0 Å². The van der Waals surface area contributed by atoms with Gasteiger partial charge in [-0.2, -0.15) is 0 Å². The number of carboxylic acids is 1. The minimum atomic E-state index is -1.43. The normalized spacial score (nSPS) is 10.2. The van der Waals surface area contributed by atoms with E-state index in [9.17, 15) is 24.4 Å². The zero-order valence-electron chi connectivity index (χ0n) is 9.91. The maximum absolute atomic E-state index is 13.2. The van der Waals surface area contributed by atoms with Crippen LogP contribution in [0.15, 0.2) is 36.4 Å². The zero-order valence-corrected chi connectivity index (χ0v) is 9.91. The van der Waals surface area contributed by atoms with Crippen LogP contribution in [0.25, 0.3) is 11.1 Å². The van der Waals surface area contributed by atoms with Crippen LogP contribution in [0.4, 0.5) is 10.1 Å². The summed E-state index contributed by atoms with van der Waals surface area (Å²) in [4.78, 5) is 20.9. The lowest BCUT2D eigenvalue weighted by Gasteiger charge is -2.05. The summed E-state index contributed by atoms with van der Waals surface area (Å²) in [5, 5.41) is 29.0. The third-order valence-corrected chi connectivity index (χ3v) is 2.64. The van der Waals surface area contributed by atoms with Crippen molar-refractivity contribution in [2.24, 2.45) is 0 Å². The van der Waals surface area contributed by atoms with E-state index in [0.29, 0.717) is 0 Å². The van der Waals surface area contributed by atoms with Gasteiger partial charge >= 0.3 is 5.97 Å². The van der Waals surface area contributed by atoms with E-state index < -0.39 is 28.0 Å². The molecule has 0 aromatic heterocycles. The summed E-state index contributed by atoms with van der Waals surface area (Å²) in [6.45, 7) is 0. The summed E-state index contributed by atoms with van der Waals surface area (Å²) in [5.41, 5.74) is -0.614. The molecule has 2 N–H and O–H groups in total. The highest BCUT2D eigenvalue weighted by atomic mass is 19.1. The van der Waals surface area contributed by atoms with E-state index in [1.165, 1.54) is 12.1 Å². The van der Waals surface area contributed by atoms with Crippen LogP contribution in [0.3, 0.4) is 0 Å². The molecule has 7 heteroatoms. The van der Waals surface area contributed by atoms with Crippen LogP contribution in [0.5, 0.6) is 5.75 Å². The highest BCUT2D eigenvalue weighted by Crippen LogP contribution is 2.29. The van der Waals surface area contributed by atoms with Gasteiger partial charge in [-0.3, -0.25) is 10.1 Å². The molecule has 0 unspecified atom stereocenters. The van der Waals surface area contributed by atoms with Gasteiger partial charge in [0.05, 0.1) is 4.92 Å². The Morgan fingerprint density at radius 1 is 1.15 bits per heavy atom. The summed E-state index contributed by atoms with van der Waals surface area (Å²) in [6, 6.07) is 6.60. The number of hydrogen-bond acceptors (Lipinski definition) is 4. The molecule has 2 aromatic rings. The molecule has 2 aromatic carbocycles. The van der Waals surface area contributed by atoms with Gasteiger partial charge in [-0.05, 0) is 29.3 Å². The second-order valence-electron chi connectivity index (χ2n) is 3.99. The minimum absolute atomic E-state index is 0.211. The van der Waals surface area contributed by atoms with Gasteiger partial charge in [0.2, 0.25) is 0 Å². The molecule has 0 aliphatic heterocycles. The second-order valence-corrected chi connectivity index (χ2v) is 3.99. The number of aromatic hydroxyl groups is 1. The largest absolute Gasteiger partial charge is 0.508 e. The predicted molar refractivity (Wildman–Crippen MR) is 67.1 cm³/mol. The smallest absolute Gasteiger partial charge is 0.342 e. The molecule has 102 valence electrons. The molecular weight excluding hydrogens is 269 g/mol. The van der Waals surface area contributed by atoms with E-state index in [-0.39, 0.29) is 16.9 Å². The molecule has 0 radical (unpaired) electrons. The number of phenols is 1. The average Bonchev–Trinajstić information content (AvgIpc) is 2.36. The lowest BCUT2D eigenvalue weighted by Crippen LogP contribution is -2.02. The van der Waals surface area contributed by atoms with Gasteiger partial charge in [-0.1, -0.05) is 6.07 Å². The highest BCUT2D eigenvalue weighted by Gasteiger charge is 2.20. The standard InChI is InChI=1S/C13H8FNO5/c14-9-3-8(4-10(16)6-9)7-1-2-11(13(17)18)12(5-7)15(19)20/h1-6,16H,(H,17,18). The number of hydrogen-bond donors (Lipinski definition) is 2. The number of nitro benzene ring substituents is 1.